The van der Waals surface area contributed by atoms with Crippen LogP contribution in [0.15, 0.2) is 0 Å². The maximum absolute atomic E-state index is 3.59. The van der Waals surface area contributed by atoms with E-state index >= 15 is 0 Å². The summed E-state index contributed by atoms with van der Waals surface area (Å²) in [6.07, 6.45) is 8.43. The fourth-order valence-corrected chi connectivity index (χ4v) is 3.66. The monoisotopic (exact) mass is 215 g/mol. The van der Waals surface area contributed by atoms with Crippen LogP contribution in [0.3, 0.4) is 0 Å². The first kappa shape index (κ1) is 12.4. The zero-order valence-electron chi connectivity index (χ0n) is 9.72. The molecule has 2 heteroatoms. The van der Waals surface area contributed by atoms with Crippen molar-refractivity contribution in [3.8, 4) is 0 Å². The summed E-state index contributed by atoms with van der Waals surface area (Å²) in [4.78, 5) is 0. The molecule has 1 nitrogen and oxygen atoms in total. The number of nitrogens with one attached hydrogen (secondary N) is 1. The maximum atomic E-state index is 3.59. The minimum Gasteiger partial charge on any atom is -0.314 e. The average Bonchev–Trinajstić information content (AvgIpc) is 2.19. The topological polar surface area (TPSA) is 12.0 Å². The van der Waals surface area contributed by atoms with Crippen molar-refractivity contribution in [2.75, 3.05) is 12.3 Å². The van der Waals surface area contributed by atoms with Gasteiger partial charge in [-0.3, -0.25) is 0 Å². The largest absolute Gasteiger partial charge is 0.314 e. The predicted octanol–water partition coefficient (Wildman–Crippen LogP) is 3.44. The smallest absolute Gasteiger partial charge is 0.00774 e. The van der Waals surface area contributed by atoms with E-state index < -0.39 is 0 Å². The van der Waals surface area contributed by atoms with Crippen molar-refractivity contribution in [2.45, 2.75) is 63.7 Å². The van der Waals surface area contributed by atoms with Gasteiger partial charge in [0.15, 0.2) is 0 Å². The summed E-state index contributed by atoms with van der Waals surface area (Å²) in [5.74, 6) is 1.38. The molecule has 0 amide bonds. The highest BCUT2D eigenvalue weighted by Gasteiger charge is 2.20. The van der Waals surface area contributed by atoms with E-state index in [-0.39, 0.29) is 0 Å². The normalized spacial score (nSPS) is 27.9. The quantitative estimate of drug-likeness (QED) is 0.681. The first-order valence-electron chi connectivity index (χ1n) is 6.21. The summed E-state index contributed by atoms with van der Waals surface area (Å²) < 4.78 is 0. The van der Waals surface area contributed by atoms with Crippen LogP contribution in [0.5, 0.6) is 0 Å². The Morgan fingerprint density at radius 1 is 1.29 bits per heavy atom. The molecule has 0 radical (unpaired) electrons. The lowest BCUT2D eigenvalue weighted by Gasteiger charge is -2.29. The van der Waals surface area contributed by atoms with Gasteiger partial charge in [-0.05, 0) is 38.0 Å². The van der Waals surface area contributed by atoms with E-state index in [0.717, 1.165) is 17.8 Å². The number of unbranched alkanes of at least 4 members (excludes halogenated alkanes) is 1. The number of hydrogen-bond acceptors (Lipinski definition) is 2. The van der Waals surface area contributed by atoms with E-state index in [1.54, 1.807) is 0 Å². The van der Waals surface area contributed by atoms with Crippen molar-refractivity contribution in [3.63, 3.8) is 0 Å². The zero-order chi connectivity index (χ0) is 10.2. The summed E-state index contributed by atoms with van der Waals surface area (Å²) in [5.41, 5.74) is 0. The molecule has 0 aromatic carbocycles. The molecular weight excluding hydrogens is 190 g/mol. The molecular formula is C12H25NS. The molecule has 1 fully saturated rings. The summed E-state index contributed by atoms with van der Waals surface area (Å²) in [6, 6.07) is 0.813. The molecule has 0 spiro atoms. The van der Waals surface area contributed by atoms with Crippen LogP contribution in [0, 0.1) is 0 Å². The molecule has 2 unspecified atom stereocenters. The van der Waals surface area contributed by atoms with Gasteiger partial charge in [0.05, 0.1) is 0 Å². The first-order valence-corrected chi connectivity index (χ1v) is 7.26. The van der Waals surface area contributed by atoms with Crippen LogP contribution in [-0.2, 0) is 0 Å². The Balaban J connectivity index is 2.12. The van der Waals surface area contributed by atoms with Crippen LogP contribution in [-0.4, -0.2) is 23.6 Å². The molecule has 1 aliphatic carbocycles. The van der Waals surface area contributed by atoms with E-state index in [9.17, 15) is 0 Å². The molecule has 0 heterocycles. The van der Waals surface area contributed by atoms with Gasteiger partial charge in [-0.2, -0.15) is 11.8 Å². The minimum absolute atomic E-state index is 0.813. The zero-order valence-corrected chi connectivity index (χ0v) is 10.5. The number of hydrogen-bond donors (Lipinski definition) is 1. The molecule has 0 aliphatic heterocycles. The summed E-state index contributed by atoms with van der Waals surface area (Å²) in [5, 5.41) is 4.54. The molecule has 1 N–H and O–H groups in total. The van der Waals surface area contributed by atoms with Crippen molar-refractivity contribution in [1.82, 2.24) is 5.32 Å². The maximum Gasteiger partial charge on any atom is 0.00774 e. The molecule has 0 aromatic heterocycles. The lowest BCUT2D eigenvalue weighted by atomic mass is 9.95. The van der Waals surface area contributed by atoms with E-state index in [2.05, 4.69) is 30.9 Å². The highest BCUT2D eigenvalue weighted by atomic mass is 32.2. The summed E-state index contributed by atoms with van der Waals surface area (Å²) >= 11 is 2.21. The van der Waals surface area contributed by atoms with Crippen molar-refractivity contribution < 1.29 is 0 Å². The Kier molecular flexibility index (Phi) is 6.70. The highest BCUT2D eigenvalue weighted by Crippen LogP contribution is 2.29. The molecule has 0 aromatic rings. The molecule has 1 saturated carbocycles. The average molecular weight is 215 g/mol. The Morgan fingerprint density at radius 2 is 2.14 bits per heavy atom. The van der Waals surface area contributed by atoms with Crippen molar-refractivity contribution in [3.05, 3.63) is 0 Å². The third-order valence-electron chi connectivity index (χ3n) is 2.97. The van der Waals surface area contributed by atoms with Crippen LogP contribution in [0.2, 0.25) is 0 Å². The molecule has 14 heavy (non-hydrogen) atoms. The summed E-state index contributed by atoms with van der Waals surface area (Å²) in [6.45, 7) is 5.63. The van der Waals surface area contributed by atoms with Crippen molar-refractivity contribution in [2.24, 2.45) is 0 Å². The Hall–Kier alpha value is 0.310. The van der Waals surface area contributed by atoms with E-state index in [1.165, 1.54) is 44.3 Å². The van der Waals surface area contributed by atoms with Gasteiger partial charge in [0, 0.05) is 11.3 Å². The van der Waals surface area contributed by atoms with Gasteiger partial charge < -0.3 is 5.32 Å². The molecule has 0 bridgehead atoms. The van der Waals surface area contributed by atoms with Crippen LogP contribution in [0.25, 0.3) is 0 Å². The summed E-state index contributed by atoms with van der Waals surface area (Å²) in [7, 11) is 0. The van der Waals surface area contributed by atoms with Gasteiger partial charge in [-0.25, -0.2) is 0 Å². The highest BCUT2D eigenvalue weighted by molar-refractivity contribution is 7.99. The fourth-order valence-electron chi connectivity index (χ4n) is 2.16. The van der Waals surface area contributed by atoms with Gasteiger partial charge in [0.25, 0.3) is 0 Å². The van der Waals surface area contributed by atoms with E-state index in [0.29, 0.717) is 0 Å². The molecule has 1 aliphatic rings. The fraction of sp³-hybridized carbons (Fsp3) is 1.00. The SMILES string of the molecule is CCCCSC1CCCC(NCC)C1. The van der Waals surface area contributed by atoms with Gasteiger partial charge in [-0.15, -0.1) is 0 Å². The molecule has 0 saturated heterocycles. The van der Waals surface area contributed by atoms with Crippen LogP contribution < -0.4 is 5.32 Å². The second-order valence-corrected chi connectivity index (χ2v) is 5.68. The third kappa shape index (κ3) is 4.70. The molecule has 2 atom stereocenters. The lowest BCUT2D eigenvalue weighted by molar-refractivity contribution is 0.387. The second-order valence-electron chi connectivity index (χ2n) is 4.27. The second kappa shape index (κ2) is 7.58. The minimum atomic E-state index is 0.813. The Labute approximate surface area is 93.4 Å². The standard InChI is InChI=1S/C12H25NS/c1-3-5-9-14-12-8-6-7-11(10-12)13-4-2/h11-13H,3-10H2,1-2H3. The Morgan fingerprint density at radius 3 is 2.86 bits per heavy atom. The Bertz CT molecular complexity index is 136. The van der Waals surface area contributed by atoms with Gasteiger partial charge in [0.2, 0.25) is 0 Å². The van der Waals surface area contributed by atoms with Gasteiger partial charge in [0.1, 0.15) is 0 Å². The van der Waals surface area contributed by atoms with E-state index in [1.807, 2.05) is 0 Å². The first-order chi connectivity index (χ1) is 6.86. The van der Waals surface area contributed by atoms with Crippen molar-refractivity contribution in [1.29, 1.82) is 0 Å². The van der Waals surface area contributed by atoms with Crippen LogP contribution in [0.1, 0.15) is 52.4 Å². The van der Waals surface area contributed by atoms with Crippen molar-refractivity contribution >= 4 is 11.8 Å². The van der Waals surface area contributed by atoms with Gasteiger partial charge >= 0.3 is 0 Å². The number of rotatable bonds is 6. The predicted molar refractivity (Wildman–Crippen MR) is 67.1 cm³/mol. The van der Waals surface area contributed by atoms with Crippen LogP contribution in [0.4, 0.5) is 0 Å². The molecule has 84 valence electrons. The lowest BCUT2D eigenvalue weighted by Crippen LogP contribution is -2.34. The number of thioether (sulfide) groups is 1. The third-order valence-corrected chi connectivity index (χ3v) is 4.39. The van der Waals surface area contributed by atoms with Crippen LogP contribution >= 0.6 is 11.8 Å². The van der Waals surface area contributed by atoms with E-state index in [4.69, 9.17) is 0 Å². The molecule has 1 rings (SSSR count). The van der Waals surface area contributed by atoms with Gasteiger partial charge in [-0.1, -0.05) is 26.7 Å².